The Hall–Kier alpha value is -5.36. The minimum Gasteiger partial charge on any atom is -0.268 e. The van der Waals surface area contributed by atoms with Crippen LogP contribution in [0.25, 0.3) is 34.8 Å². The number of carbonyl (C=O) groups excluding carboxylic acids is 1. The first kappa shape index (κ1) is 24.3. The van der Waals surface area contributed by atoms with Crippen molar-refractivity contribution in [2.45, 2.75) is 0 Å². The number of carbonyl (C=O) groups is 1. The average molecular weight is 497 g/mol. The summed E-state index contributed by atoms with van der Waals surface area (Å²) in [7, 11) is 0. The van der Waals surface area contributed by atoms with E-state index in [1.54, 1.807) is 22.9 Å². The number of hydrogen-bond acceptors (Lipinski definition) is 4. The molecule has 0 fully saturated rings. The van der Waals surface area contributed by atoms with Gasteiger partial charge in [0.2, 0.25) is 0 Å². The van der Waals surface area contributed by atoms with Gasteiger partial charge in [0.05, 0.1) is 22.8 Å². The van der Waals surface area contributed by atoms with E-state index in [4.69, 9.17) is 4.98 Å². The lowest BCUT2D eigenvalue weighted by atomic mass is 10.2. The number of fused-ring (bicyclic) bond motifs is 1. The molecule has 0 aliphatic rings. The van der Waals surface area contributed by atoms with Crippen LogP contribution in [-0.4, -0.2) is 21.7 Å². The van der Waals surface area contributed by atoms with Gasteiger partial charge in [0.25, 0.3) is 11.5 Å². The van der Waals surface area contributed by atoms with E-state index in [1.807, 2.05) is 115 Å². The van der Waals surface area contributed by atoms with Gasteiger partial charge in [-0.25, -0.2) is 10.4 Å². The van der Waals surface area contributed by atoms with Crippen molar-refractivity contribution in [2.24, 2.45) is 5.10 Å². The summed E-state index contributed by atoms with van der Waals surface area (Å²) in [5.74, 6) is 0.196. The molecule has 0 saturated carbocycles. The van der Waals surface area contributed by atoms with Crippen LogP contribution in [-0.2, 0) is 4.79 Å². The number of rotatable bonds is 7. The highest BCUT2D eigenvalue weighted by Crippen LogP contribution is 2.16. The molecule has 184 valence electrons. The molecule has 0 bridgehead atoms. The molecule has 5 aromatic rings. The topological polar surface area (TPSA) is 76.3 Å². The molecule has 0 aliphatic carbocycles. The fraction of sp³-hybridized carbons (Fsp3) is 0. The molecule has 6 heteroatoms. The van der Waals surface area contributed by atoms with E-state index >= 15 is 0 Å². The number of amides is 1. The largest absolute Gasteiger partial charge is 0.268 e. The van der Waals surface area contributed by atoms with Gasteiger partial charge in [-0.1, -0.05) is 91.0 Å². The third-order valence-corrected chi connectivity index (χ3v) is 5.79. The molecule has 0 saturated heterocycles. The zero-order chi connectivity index (χ0) is 26.2. The van der Waals surface area contributed by atoms with Crippen LogP contribution >= 0.6 is 0 Å². The molecule has 4 aromatic carbocycles. The van der Waals surface area contributed by atoms with E-state index in [0.717, 1.165) is 16.7 Å². The second-order valence-corrected chi connectivity index (χ2v) is 8.44. The van der Waals surface area contributed by atoms with Crippen LogP contribution in [0, 0.1) is 0 Å². The second kappa shape index (κ2) is 11.6. The summed E-state index contributed by atoms with van der Waals surface area (Å²) in [6, 6.07) is 34.1. The molecule has 38 heavy (non-hydrogen) atoms. The Morgan fingerprint density at radius 3 is 2.05 bits per heavy atom. The maximum atomic E-state index is 13.5. The zero-order valence-electron chi connectivity index (χ0n) is 20.4. The van der Waals surface area contributed by atoms with Gasteiger partial charge >= 0.3 is 0 Å². The molecule has 0 atom stereocenters. The highest BCUT2D eigenvalue weighted by Gasteiger charge is 2.11. The first-order valence-electron chi connectivity index (χ1n) is 12.1. The van der Waals surface area contributed by atoms with E-state index in [9.17, 15) is 9.59 Å². The quantitative estimate of drug-likeness (QED) is 0.178. The van der Waals surface area contributed by atoms with Gasteiger partial charge in [0.15, 0.2) is 0 Å². The van der Waals surface area contributed by atoms with Crippen LogP contribution in [0.5, 0.6) is 0 Å². The monoisotopic (exact) mass is 496 g/mol. The molecular formula is C32H24N4O2. The smallest absolute Gasteiger partial charge is 0.266 e. The molecule has 6 nitrogen and oxygen atoms in total. The summed E-state index contributed by atoms with van der Waals surface area (Å²) in [6.45, 7) is 0. The molecule has 1 heterocycles. The predicted octanol–water partition coefficient (Wildman–Crippen LogP) is 5.72. The summed E-state index contributed by atoms with van der Waals surface area (Å²) in [4.78, 5) is 30.2. The number of nitrogens with zero attached hydrogens (tertiary/aromatic N) is 3. The van der Waals surface area contributed by atoms with Crippen LogP contribution in [0.4, 0.5) is 0 Å². The molecule has 0 unspecified atom stereocenters. The van der Waals surface area contributed by atoms with Crippen molar-refractivity contribution in [1.29, 1.82) is 0 Å². The number of aromatic nitrogens is 2. The molecule has 0 radical (unpaired) electrons. The molecule has 5 rings (SSSR count). The van der Waals surface area contributed by atoms with Crippen molar-refractivity contribution in [2.75, 3.05) is 0 Å². The number of nitrogens with one attached hydrogen (secondary N) is 1. The first-order chi connectivity index (χ1) is 18.7. The van der Waals surface area contributed by atoms with Crippen molar-refractivity contribution in [3.05, 3.63) is 148 Å². The highest BCUT2D eigenvalue weighted by atomic mass is 16.2. The van der Waals surface area contributed by atoms with Gasteiger partial charge < -0.3 is 0 Å². The van der Waals surface area contributed by atoms with Crippen LogP contribution in [0.1, 0.15) is 22.5 Å². The Bertz CT molecular complexity index is 1700. The Labute approximate surface area is 219 Å². The Kier molecular flexibility index (Phi) is 7.42. The summed E-state index contributed by atoms with van der Waals surface area (Å²) in [6.07, 6.45) is 8.48. The lowest BCUT2D eigenvalue weighted by Gasteiger charge is -2.11. The number of hydrogen-bond donors (Lipinski definition) is 1. The number of benzene rings is 4. The normalized spacial score (nSPS) is 11.6. The maximum Gasteiger partial charge on any atom is 0.266 e. The minimum absolute atomic E-state index is 0.151. The fourth-order valence-electron chi connectivity index (χ4n) is 3.90. The van der Waals surface area contributed by atoms with Gasteiger partial charge in [-0.15, -0.1) is 0 Å². The zero-order valence-corrected chi connectivity index (χ0v) is 20.4. The van der Waals surface area contributed by atoms with Gasteiger partial charge in [-0.05, 0) is 53.1 Å². The third-order valence-electron chi connectivity index (χ3n) is 5.79. The first-order valence-corrected chi connectivity index (χ1v) is 12.1. The molecule has 1 aromatic heterocycles. The second-order valence-electron chi connectivity index (χ2n) is 8.44. The SMILES string of the molecule is O=C(/C=C/c1ccccc1)N/N=C\c1ccc(-n2c(/C=C/c3ccccc3)nc3ccccc3c2=O)cc1. The van der Waals surface area contributed by atoms with Crippen LogP contribution in [0.3, 0.4) is 0 Å². The summed E-state index contributed by atoms with van der Waals surface area (Å²) >= 11 is 0. The van der Waals surface area contributed by atoms with E-state index in [2.05, 4.69) is 10.5 Å². The average Bonchev–Trinajstić information content (AvgIpc) is 2.97. The van der Waals surface area contributed by atoms with Gasteiger partial charge in [0, 0.05) is 6.08 Å². The summed E-state index contributed by atoms with van der Waals surface area (Å²) < 4.78 is 1.60. The minimum atomic E-state index is -0.328. The van der Waals surface area contributed by atoms with E-state index in [0.29, 0.717) is 22.4 Å². The van der Waals surface area contributed by atoms with Crippen molar-refractivity contribution < 1.29 is 4.79 Å². The summed E-state index contributed by atoms with van der Waals surface area (Å²) in [5, 5.41) is 4.57. The number of para-hydroxylation sites is 1. The fourth-order valence-corrected chi connectivity index (χ4v) is 3.90. The number of hydrazone groups is 1. The Morgan fingerprint density at radius 2 is 1.34 bits per heavy atom. The van der Waals surface area contributed by atoms with E-state index in [1.165, 1.54) is 6.08 Å². The standard InChI is InChI=1S/C32H24N4O2/c37-31(22-18-25-11-5-2-6-12-25)35-33-23-26-15-19-27(20-16-26)36-30(21-17-24-9-3-1-4-10-24)34-29-14-8-7-13-28(29)32(36)38/h1-23H,(H,35,37)/b21-17+,22-18+,33-23-. The van der Waals surface area contributed by atoms with Crippen molar-refractivity contribution in [3.63, 3.8) is 0 Å². The molecule has 0 spiro atoms. The lowest BCUT2D eigenvalue weighted by molar-refractivity contribution is -0.116. The van der Waals surface area contributed by atoms with Gasteiger partial charge in [0.1, 0.15) is 5.82 Å². The lowest BCUT2D eigenvalue weighted by Crippen LogP contribution is -2.22. The van der Waals surface area contributed by atoms with Gasteiger partial charge in [-0.3, -0.25) is 14.2 Å². The van der Waals surface area contributed by atoms with E-state index < -0.39 is 0 Å². The highest BCUT2D eigenvalue weighted by molar-refractivity contribution is 5.92. The van der Waals surface area contributed by atoms with Crippen LogP contribution in [0.2, 0.25) is 0 Å². The molecular weight excluding hydrogens is 472 g/mol. The summed E-state index contributed by atoms with van der Waals surface area (Å²) in [5.41, 5.74) is 6.36. The van der Waals surface area contributed by atoms with Crippen molar-refractivity contribution >= 4 is 41.3 Å². The van der Waals surface area contributed by atoms with Crippen molar-refractivity contribution in [1.82, 2.24) is 15.0 Å². The van der Waals surface area contributed by atoms with Gasteiger partial charge in [-0.2, -0.15) is 5.10 Å². The Balaban J connectivity index is 1.38. The van der Waals surface area contributed by atoms with Crippen molar-refractivity contribution in [3.8, 4) is 5.69 Å². The molecule has 1 amide bonds. The predicted molar refractivity (Wildman–Crippen MR) is 154 cm³/mol. The Morgan fingerprint density at radius 1 is 0.711 bits per heavy atom. The maximum absolute atomic E-state index is 13.5. The van der Waals surface area contributed by atoms with Crippen LogP contribution < -0.4 is 11.0 Å². The molecule has 1 N–H and O–H groups in total. The van der Waals surface area contributed by atoms with Crippen LogP contribution in [0.15, 0.2) is 125 Å². The van der Waals surface area contributed by atoms with E-state index in [-0.39, 0.29) is 11.5 Å². The third kappa shape index (κ3) is 5.88. The molecule has 0 aliphatic heterocycles.